The number of amides is 1. The SMILES string of the molecule is CCC(CC)C(O)CNC(=O)c1cnn(C(C)C)c1C1CC1. The molecule has 1 heterocycles. The Bertz CT molecular complexity index is 502. The normalized spacial score (nSPS) is 16.3. The van der Waals surface area contributed by atoms with Gasteiger partial charge in [0.2, 0.25) is 0 Å². The Morgan fingerprint density at radius 2 is 2.05 bits per heavy atom. The molecule has 0 saturated heterocycles. The van der Waals surface area contributed by atoms with Gasteiger partial charge in [0.25, 0.3) is 5.91 Å². The van der Waals surface area contributed by atoms with Crippen molar-refractivity contribution in [2.75, 3.05) is 6.54 Å². The number of carbonyl (C=O) groups is 1. The topological polar surface area (TPSA) is 67.2 Å². The summed E-state index contributed by atoms with van der Waals surface area (Å²) >= 11 is 0. The van der Waals surface area contributed by atoms with Gasteiger partial charge >= 0.3 is 0 Å². The lowest BCUT2D eigenvalue weighted by Gasteiger charge is -2.20. The third-order valence-electron chi connectivity index (χ3n) is 4.60. The van der Waals surface area contributed by atoms with Gasteiger partial charge in [0, 0.05) is 18.5 Å². The number of hydrogen-bond donors (Lipinski definition) is 2. The van der Waals surface area contributed by atoms with Crippen molar-refractivity contribution >= 4 is 5.91 Å². The molecule has 0 radical (unpaired) electrons. The molecule has 1 amide bonds. The molecule has 1 aromatic rings. The van der Waals surface area contributed by atoms with Crippen molar-refractivity contribution in [3.63, 3.8) is 0 Å². The minimum absolute atomic E-state index is 0.112. The van der Waals surface area contributed by atoms with Crippen molar-refractivity contribution in [1.29, 1.82) is 0 Å². The summed E-state index contributed by atoms with van der Waals surface area (Å²) in [7, 11) is 0. The Labute approximate surface area is 133 Å². The van der Waals surface area contributed by atoms with Crippen LogP contribution in [-0.4, -0.2) is 33.4 Å². The van der Waals surface area contributed by atoms with Gasteiger partial charge in [0.15, 0.2) is 0 Å². The summed E-state index contributed by atoms with van der Waals surface area (Å²) in [4.78, 5) is 12.5. The van der Waals surface area contributed by atoms with Crippen molar-refractivity contribution in [3.05, 3.63) is 17.5 Å². The maximum atomic E-state index is 12.5. The van der Waals surface area contributed by atoms with Gasteiger partial charge in [0.05, 0.1) is 23.6 Å². The quantitative estimate of drug-likeness (QED) is 0.776. The van der Waals surface area contributed by atoms with Gasteiger partial charge in [-0.2, -0.15) is 5.10 Å². The Kier molecular flexibility index (Phi) is 5.62. The first kappa shape index (κ1) is 17.0. The number of aliphatic hydroxyl groups is 1. The fraction of sp³-hybridized carbons (Fsp3) is 0.765. The molecule has 0 aromatic carbocycles. The van der Waals surface area contributed by atoms with Crippen molar-refractivity contribution in [1.82, 2.24) is 15.1 Å². The predicted octanol–water partition coefficient (Wildman–Crippen LogP) is 2.87. The number of rotatable bonds is 8. The van der Waals surface area contributed by atoms with Crippen LogP contribution in [0, 0.1) is 5.92 Å². The minimum atomic E-state index is -0.483. The van der Waals surface area contributed by atoms with Gasteiger partial charge < -0.3 is 10.4 Å². The van der Waals surface area contributed by atoms with E-state index in [0.717, 1.165) is 31.4 Å². The van der Waals surface area contributed by atoms with Gasteiger partial charge in [-0.1, -0.05) is 26.7 Å². The van der Waals surface area contributed by atoms with Crippen molar-refractivity contribution in [3.8, 4) is 0 Å². The number of aliphatic hydroxyl groups excluding tert-OH is 1. The van der Waals surface area contributed by atoms with Crippen molar-refractivity contribution in [2.24, 2.45) is 5.92 Å². The molecule has 0 bridgehead atoms. The van der Waals surface area contributed by atoms with E-state index in [4.69, 9.17) is 0 Å². The molecule has 124 valence electrons. The summed E-state index contributed by atoms with van der Waals surface area (Å²) in [6.07, 6.45) is 5.30. The molecule has 5 heteroatoms. The first-order valence-electron chi connectivity index (χ1n) is 8.53. The van der Waals surface area contributed by atoms with Crippen molar-refractivity contribution in [2.45, 2.75) is 71.4 Å². The standard InChI is InChI=1S/C17H29N3O2/c1-5-12(6-2)15(21)10-18-17(22)14-9-19-20(11(3)4)16(14)13-7-8-13/h9,11-13,15,21H,5-8,10H2,1-4H3,(H,18,22). The van der Waals surface area contributed by atoms with Crippen LogP contribution in [0.4, 0.5) is 0 Å². The first-order valence-corrected chi connectivity index (χ1v) is 8.53. The fourth-order valence-electron chi connectivity index (χ4n) is 3.01. The molecule has 1 atom stereocenters. The summed E-state index contributed by atoms with van der Waals surface area (Å²) in [6.45, 7) is 8.60. The zero-order chi connectivity index (χ0) is 16.3. The molecule has 1 unspecified atom stereocenters. The second-order valence-corrected chi connectivity index (χ2v) is 6.61. The molecular weight excluding hydrogens is 278 g/mol. The maximum absolute atomic E-state index is 12.5. The van der Waals surface area contributed by atoms with E-state index in [-0.39, 0.29) is 17.9 Å². The molecule has 1 fully saturated rings. The van der Waals surface area contributed by atoms with E-state index in [1.165, 1.54) is 0 Å². The Morgan fingerprint density at radius 3 is 2.55 bits per heavy atom. The zero-order valence-corrected chi connectivity index (χ0v) is 14.2. The molecule has 2 N–H and O–H groups in total. The van der Waals surface area contributed by atoms with Crippen LogP contribution in [-0.2, 0) is 0 Å². The average Bonchev–Trinajstić information content (AvgIpc) is 3.23. The van der Waals surface area contributed by atoms with E-state index in [0.29, 0.717) is 18.0 Å². The third kappa shape index (κ3) is 3.69. The lowest BCUT2D eigenvalue weighted by Crippen LogP contribution is -2.36. The monoisotopic (exact) mass is 307 g/mol. The molecular formula is C17H29N3O2. The third-order valence-corrected chi connectivity index (χ3v) is 4.60. The van der Waals surface area contributed by atoms with E-state index in [1.54, 1.807) is 6.20 Å². The Balaban J connectivity index is 2.04. The van der Waals surface area contributed by atoms with E-state index >= 15 is 0 Å². The van der Waals surface area contributed by atoms with Crippen LogP contribution in [0.5, 0.6) is 0 Å². The molecule has 0 spiro atoms. The van der Waals surface area contributed by atoms with Crippen LogP contribution in [0.3, 0.4) is 0 Å². The first-order chi connectivity index (χ1) is 10.5. The number of carbonyl (C=O) groups excluding carboxylic acids is 1. The Morgan fingerprint density at radius 1 is 1.41 bits per heavy atom. The number of nitrogens with one attached hydrogen (secondary N) is 1. The van der Waals surface area contributed by atoms with Gasteiger partial charge in [-0.05, 0) is 32.6 Å². The van der Waals surface area contributed by atoms with Crippen molar-refractivity contribution < 1.29 is 9.90 Å². The lowest BCUT2D eigenvalue weighted by molar-refractivity contribution is 0.0816. The van der Waals surface area contributed by atoms with E-state index in [9.17, 15) is 9.90 Å². The summed E-state index contributed by atoms with van der Waals surface area (Å²) < 4.78 is 1.96. The number of aromatic nitrogens is 2. The second kappa shape index (κ2) is 7.27. The summed E-state index contributed by atoms with van der Waals surface area (Å²) in [5.41, 5.74) is 1.73. The summed E-state index contributed by atoms with van der Waals surface area (Å²) in [5.74, 6) is 0.593. The molecule has 1 saturated carbocycles. The molecule has 5 nitrogen and oxygen atoms in total. The lowest BCUT2D eigenvalue weighted by atomic mass is 9.96. The van der Waals surface area contributed by atoms with Crippen LogP contribution in [0.25, 0.3) is 0 Å². The van der Waals surface area contributed by atoms with Gasteiger partial charge in [0.1, 0.15) is 0 Å². The highest BCUT2D eigenvalue weighted by Gasteiger charge is 2.33. The smallest absolute Gasteiger partial charge is 0.254 e. The predicted molar refractivity (Wildman–Crippen MR) is 87.0 cm³/mol. The molecule has 0 aliphatic heterocycles. The second-order valence-electron chi connectivity index (χ2n) is 6.61. The fourth-order valence-corrected chi connectivity index (χ4v) is 3.01. The number of hydrogen-bond acceptors (Lipinski definition) is 3. The summed E-state index contributed by atoms with van der Waals surface area (Å²) in [5, 5.41) is 17.4. The minimum Gasteiger partial charge on any atom is -0.391 e. The van der Waals surface area contributed by atoms with Crippen LogP contribution in [0.1, 0.15) is 81.4 Å². The molecule has 1 aromatic heterocycles. The largest absolute Gasteiger partial charge is 0.391 e. The van der Waals surface area contributed by atoms with Crippen LogP contribution in [0.15, 0.2) is 6.20 Å². The van der Waals surface area contributed by atoms with E-state index in [1.807, 2.05) is 4.68 Å². The van der Waals surface area contributed by atoms with Gasteiger partial charge in [-0.3, -0.25) is 9.48 Å². The van der Waals surface area contributed by atoms with E-state index < -0.39 is 6.10 Å². The zero-order valence-electron chi connectivity index (χ0n) is 14.2. The molecule has 22 heavy (non-hydrogen) atoms. The van der Waals surface area contributed by atoms with Crippen LogP contribution >= 0.6 is 0 Å². The molecule has 1 aliphatic rings. The highest BCUT2D eigenvalue weighted by atomic mass is 16.3. The highest BCUT2D eigenvalue weighted by Crippen LogP contribution is 2.42. The number of nitrogens with zero attached hydrogens (tertiary/aromatic N) is 2. The Hall–Kier alpha value is -1.36. The highest BCUT2D eigenvalue weighted by molar-refractivity contribution is 5.95. The van der Waals surface area contributed by atoms with Gasteiger partial charge in [-0.25, -0.2) is 0 Å². The molecule has 1 aliphatic carbocycles. The average molecular weight is 307 g/mol. The maximum Gasteiger partial charge on any atom is 0.254 e. The summed E-state index contributed by atoms with van der Waals surface area (Å²) in [6, 6.07) is 0.257. The van der Waals surface area contributed by atoms with Gasteiger partial charge in [-0.15, -0.1) is 0 Å². The van der Waals surface area contributed by atoms with E-state index in [2.05, 4.69) is 38.1 Å². The van der Waals surface area contributed by atoms with Crippen LogP contribution in [0.2, 0.25) is 0 Å². The van der Waals surface area contributed by atoms with Crippen LogP contribution < -0.4 is 5.32 Å². The molecule has 2 rings (SSSR count).